The van der Waals surface area contributed by atoms with Gasteiger partial charge in [0.2, 0.25) is 5.88 Å². The van der Waals surface area contributed by atoms with Crippen molar-refractivity contribution in [2.75, 3.05) is 20.3 Å². The molecule has 1 aromatic carbocycles. The number of halogens is 2. The van der Waals surface area contributed by atoms with Crippen LogP contribution in [0.25, 0.3) is 17.1 Å². The molecular formula is C28H33F2N3O5. The van der Waals surface area contributed by atoms with E-state index < -0.39 is 42.7 Å². The first-order valence-electron chi connectivity index (χ1n) is 12.6. The Morgan fingerprint density at radius 2 is 2.03 bits per heavy atom. The molecule has 8 nitrogen and oxygen atoms in total. The number of benzene rings is 1. The van der Waals surface area contributed by atoms with Crippen LogP contribution < -0.4 is 10.1 Å². The molecule has 1 aliphatic heterocycles. The number of pyridine rings is 2. The summed E-state index contributed by atoms with van der Waals surface area (Å²) in [6, 6.07) is 8.45. The Bertz CT molecular complexity index is 1240. The molecule has 0 spiro atoms. The highest BCUT2D eigenvalue weighted by Gasteiger charge is 2.35. The van der Waals surface area contributed by atoms with Gasteiger partial charge in [-0.3, -0.25) is 4.98 Å². The highest BCUT2D eigenvalue weighted by atomic mass is 19.1. The molecule has 3 aromatic rings. The predicted octanol–water partition coefficient (Wildman–Crippen LogP) is 2.78. The zero-order chi connectivity index (χ0) is 27.1. The van der Waals surface area contributed by atoms with Gasteiger partial charge in [0.15, 0.2) is 0 Å². The van der Waals surface area contributed by atoms with Crippen LogP contribution in [0.15, 0.2) is 48.7 Å². The van der Waals surface area contributed by atoms with Crippen molar-refractivity contribution in [3.05, 3.63) is 71.4 Å². The maximum atomic E-state index is 13.8. The number of fused-ring (bicyclic) bond motifs is 1. The lowest BCUT2D eigenvalue weighted by molar-refractivity contribution is -0.130. The van der Waals surface area contributed by atoms with Crippen LogP contribution in [-0.4, -0.2) is 76.0 Å². The SMILES string of the molecule is COc1ccc2nccc(CC(O)[C@@H]3CC[C@@H](NC/C=C/c4cc(F)ccc4F)[C@H](C[C@@H](O)CO)O3)c2n1. The monoisotopic (exact) mass is 529 g/mol. The van der Waals surface area contributed by atoms with E-state index in [4.69, 9.17) is 9.47 Å². The van der Waals surface area contributed by atoms with Gasteiger partial charge >= 0.3 is 0 Å². The second-order valence-electron chi connectivity index (χ2n) is 9.41. The minimum Gasteiger partial charge on any atom is -0.481 e. The maximum absolute atomic E-state index is 13.8. The third kappa shape index (κ3) is 7.09. The van der Waals surface area contributed by atoms with E-state index in [1.54, 1.807) is 18.3 Å². The summed E-state index contributed by atoms with van der Waals surface area (Å²) in [5.74, 6) is -0.576. The Balaban J connectivity index is 1.40. The highest BCUT2D eigenvalue weighted by Crippen LogP contribution is 2.28. The Morgan fingerprint density at radius 1 is 1.18 bits per heavy atom. The van der Waals surface area contributed by atoms with Crippen molar-refractivity contribution in [1.82, 2.24) is 15.3 Å². The highest BCUT2D eigenvalue weighted by molar-refractivity contribution is 5.78. The van der Waals surface area contributed by atoms with E-state index in [-0.39, 0.29) is 18.0 Å². The van der Waals surface area contributed by atoms with Crippen molar-refractivity contribution in [2.45, 2.75) is 56.1 Å². The van der Waals surface area contributed by atoms with Crippen LogP contribution in [0.4, 0.5) is 8.78 Å². The van der Waals surface area contributed by atoms with Crippen LogP contribution in [0, 0.1) is 11.6 Å². The van der Waals surface area contributed by atoms with Gasteiger partial charge in [0.05, 0.1) is 49.2 Å². The van der Waals surface area contributed by atoms with Gasteiger partial charge in [0.25, 0.3) is 0 Å². The number of aromatic nitrogens is 2. The number of nitrogens with one attached hydrogen (secondary N) is 1. The first-order valence-corrected chi connectivity index (χ1v) is 12.6. The lowest BCUT2D eigenvalue weighted by Gasteiger charge is -2.39. The summed E-state index contributed by atoms with van der Waals surface area (Å²) in [4.78, 5) is 8.81. The topological polar surface area (TPSA) is 117 Å². The zero-order valence-corrected chi connectivity index (χ0v) is 21.1. The largest absolute Gasteiger partial charge is 0.481 e. The van der Waals surface area contributed by atoms with Crippen molar-refractivity contribution in [3.63, 3.8) is 0 Å². The van der Waals surface area contributed by atoms with Gasteiger partial charge in [-0.25, -0.2) is 13.8 Å². The minimum absolute atomic E-state index is 0.151. The van der Waals surface area contributed by atoms with Gasteiger partial charge in [-0.1, -0.05) is 12.2 Å². The van der Waals surface area contributed by atoms with Crippen LogP contribution in [0.3, 0.4) is 0 Å². The number of aliphatic hydroxyl groups excluding tert-OH is 3. The van der Waals surface area contributed by atoms with Crippen LogP contribution in [0.2, 0.25) is 0 Å². The quantitative estimate of drug-likeness (QED) is 0.300. The first-order chi connectivity index (χ1) is 18.4. The molecule has 38 heavy (non-hydrogen) atoms. The number of rotatable bonds is 11. The molecule has 4 N–H and O–H groups in total. The fourth-order valence-corrected chi connectivity index (χ4v) is 4.74. The molecule has 0 amide bonds. The molecule has 204 valence electrons. The number of methoxy groups -OCH3 is 1. The first kappa shape index (κ1) is 28.0. The number of hydrogen-bond acceptors (Lipinski definition) is 8. The summed E-state index contributed by atoms with van der Waals surface area (Å²) in [6.45, 7) is -0.0471. The van der Waals surface area contributed by atoms with Gasteiger partial charge in [0.1, 0.15) is 11.6 Å². The Labute approximate surface area is 220 Å². The molecule has 3 heterocycles. The van der Waals surface area contributed by atoms with Crippen LogP contribution >= 0.6 is 0 Å². The molecule has 4 rings (SSSR count). The van der Waals surface area contributed by atoms with E-state index in [1.165, 1.54) is 13.2 Å². The third-order valence-corrected chi connectivity index (χ3v) is 6.74. The average Bonchev–Trinajstić information content (AvgIpc) is 2.93. The number of hydrogen-bond donors (Lipinski definition) is 4. The lowest BCUT2D eigenvalue weighted by Crippen LogP contribution is -2.51. The van der Waals surface area contributed by atoms with Crippen LogP contribution in [-0.2, 0) is 11.2 Å². The van der Waals surface area contributed by atoms with E-state index in [9.17, 15) is 24.1 Å². The molecule has 2 aromatic heterocycles. The van der Waals surface area contributed by atoms with Crippen molar-refractivity contribution >= 4 is 17.1 Å². The molecule has 1 unspecified atom stereocenters. The van der Waals surface area contributed by atoms with E-state index in [0.29, 0.717) is 42.7 Å². The van der Waals surface area contributed by atoms with E-state index in [1.807, 2.05) is 12.1 Å². The average molecular weight is 530 g/mol. The molecule has 0 aliphatic carbocycles. The third-order valence-electron chi connectivity index (χ3n) is 6.74. The summed E-state index contributed by atoms with van der Waals surface area (Å²) >= 11 is 0. The Kier molecular flexibility index (Phi) is 9.70. The van der Waals surface area contributed by atoms with Gasteiger partial charge in [-0.15, -0.1) is 0 Å². The van der Waals surface area contributed by atoms with Crippen LogP contribution in [0.1, 0.15) is 30.4 Å². The molecule has 10 heteroatoms. The molecule has 5 atom stereocenters. The summed E-state index contributed by atoms with van der Waals surface area (Å²) in [5, 5.41) is 33.9. The van der Waals surface area contributed by atoms with E-state index in [0.717, 1.165) is 23.8 Å². The Hall–Kier alpha value is -3.02. The summed E-state index contributed by atoms with van der Waals surface area (Å²) in [5.41, 5.74) is 2.30. The molecule has 0 radical (unpaired) electrons. The predicted molar refractivity (Wildman–Crippen MR) is 139 cm³/mol. The number of ether oxygens (including phenoxy) is 2. The van der Waals surface area contributed by atoms with Crippen molar-refractivity contribution in [1.29, 1.82) is 0 Å². The van der Waals surface area contributed by atoms with Crippen molar-refractivity contribution in [2.24, 2.45) is 0 Å². The fraction of sp³-hybridized carbons (Fsp3) is 0.429. The summed E-state index contributed by atoms with van der Waals surface area (Å²) in [7, 11) is 1.54. The van der Waals surface area contributed by atoms with Crippen molar-refractivity contribution < 1.29 is 33.6 Å². The lowest BCUT2D eigenvalue weighted by atomic mass is 9.91. The number of aliphatic hydroxyl groups is 3. The smallest absolute Gasteiger partial charge is 0.213 e. The van der Waals surface area contributed by atoms with Gasteiger partial charge in [-0.05, 0) is 48.7 Å². The van der Waals surface area contributed by atoms with E-state index >= 15 is 0 Å². The molecule has 0 saturated carbocycles. The maximum Gasteiger partial charge on any atom is 0.213 e. The van der Waals surface area contributed by atoms with Gasteiger partial charge in [0, 0.05) is 43.3 Å². The fourth-order valence-electron chi connectivity index (χ4n) is 4.74. The normalized spacial score (nSPS) is 21.6. The molecule has 1 fully saturated rings. The van der Waals surface area contributed by atoms with Gasteiger partial charge in [-0.2, -0.15) is 0 Å². The molecule has 0 bridgehead atoms. The molecule has 1 aliphatic rings. The zero-order valence-electron chi connectivity index (χ0n) is 21.1. The van der Waals surface area contributed by atoms with Crippen molar-refractivity contribution in [3.8, 4) is 5.88 Å². The molecule has 1 saturated heterocycles. The molecular weight excluding hydrogens is 496 g/mol. The van der Waals surface area contributed by atoms with Gasteiger partial charge < -0.3 is 30.1 Å². The second-order valence-corrected chi connectivity index (χ2v) is 9.41. The van der Waals surface area contributed by atoms with E-state index in [2.05, 4.69) is 15.3 Å². The summed E-state index contributed by atoms with van der Waals surface area (Å²) < 4.78 is 38.7. The Morgan fingerprint density at radius 3 is 2.82 bits per heavy atom. The van der Waals surface area contributed by atoms with Crippen LogP contribution in [0.5, 0.6) is 5.88 Å². The number of nitrogens with zero attached hydrogens (tertiary/aromatic N) is 2. The summed E-state index contributed by atoms with van der Waals surface area (Å²) in [6.07, 6.45) is 3.77. The standard InChI is InChI=1S/C28H33F2N3O5/c1-37-27-9-7-23-28(33-27)18(10-12-32-23)14-24(36)25-8-6-22(26(38-25)15-20(35)16-34)31-11-2-3-17-13-19(29)4-5-21(17)30/h2-5,7,9-10,12-13,20,22,24-26,31,34-36H,6,8,11,14-16H2,1H3/b3-2+/t20-,22-,24?,25+,26+/m1/s1. The second kappa shape index (κ2) is 13.2. The minimum atomic E-state index is -0.974.